The zero-order valence-electron chi connectivity index (χ0n) is 5.59. The highest BCUT2D eigenvalue weighted by molar-refractivity contribution is 5.09. The lowest BCUT2D eigenvalue weighted by molar-refractivity contribution is 0.715. The highest BCUT2D eigenvalue weighted by atomic mass is 14.4. The molecule has 0 aliphatic heterocycles. The Hall–Kier alpha value is -0.520. The Kier molecular flexibility index (Phi) is 1.18. The summed E-state index contributed by atoms with van der Waals surface area (Å²) in [7, 11) is 0. The van der Waals surface area contributed by atoms with E-state index in [-0.39, 0.29) is 0 Å². The summed E-state index contributed by atoms with van der Waals surface area (Å²) in [6, 6.07) is 0. The van der Waals surface area contributed by atoms with Gasteiger partial charge in [-0.1, -0.05) is 24.3 Å². The van der Waals surface area contributed by atoms with Crippen LogP contribution in [0.2, 0.25) is 0 Å². The fourth-order valence-electron chi connectivity index (χ4n) is 1.55. The van der Waals surface area contributed by atoms with Crippen LogP contribution in [0.15, 0.2) is 24.3 Å². The second kappa shape index (κ2) is 2.02. The molecule has 0 spiro atoms. The smallest absolute Gasteiger partial charge is 0.0316 e. The number of fused-ring (bicyclic) bond motifs is 1. The Morgan fingerprint density at radius 1 is 0.889 bits per heavy atom. The molecule has 0 amide bonds. The minimum Gasteiger partial charge on any atom is -0.0843 e. The van der Waals surface area contributed by atoms with Crippen molar-refractivity contribution < 1.29 is 0 Å². The second-order valence-electron chi connectivity index (χ2n) is 3.08. The molecule has 0 heterocycles. The molecule has 2 aliphatic carbocycles. The van der Waals surface area contributed by atoms with Gasteiger partial charge < -0.3 is 0 Å². The first kappa shape index (κ1) is 5.28. The third-order valence-electron chi connectivity index (χ3n) is 2.33. The van der Waals surface area contributed by atoms with Crippen LogP contribution in [0.25, 0.3) is 0 Å². The maximum atomic E-state index is 2.29. The van der Waals surface area contributed by atoms with E-state index in [4.69, 9.17) is 0 Å². The van der Waals surface area contributed by atoms with Crippen molar-refractivity contribution in [1.82, 2.24) is 0 Å². The lowest BCUT2D eigenvalue weighted by Gasteiger charge is -1.93. The van der Waals surface area contributed by atoms with Crippen molar-refractivity contribution in [2.45, 2.75) is 19.3 Å². The molecule has 48 valence electrons. The molecule has 2 atom stereocenters. The van der Waals surface area contributed by atoms with Crippen LogP contribution in [-0.4, -0.2) is 0 Å². The molecule has 2 aliphatic rings. The van der Waals surface area contributed by atoms with Crippen LogP contribution in [0, 0.1) is 11.8 Å². The maximum absolute atomic E-state index is 2.29. The van der Waals surface area contributed by atoms with Gasteiger partial charge in [0.1, 0.15) is 0 Å². The number of rotatable bonds is 0. The molecule has 2 rings (SSSR count). The third kappa shape index (κ3) is 1.07. The van der Waals surface area contributed by atoms with Gasteiger partial charge in [0, 0.05) is 0 Å². The predicted octanol–water partition coefficient (Wildman–Crippen LogP) is 2.53. The van der Waals surface area contributed by atoms with Gasteiger partial charge in [-0.15, -0.1) is 0 Å². The lowest BCUT2D eigenvalue weighted by atomic mass is 10.1. The van der Waals surface area contributed by atoms with Gasteiger partial charge in [-0.25, -0.2) is 0 Å². The van der Waals surface area contributed by atoms with Crippen LogP contribution < -0.4 is 0 Å². The Morgan fingerprint density at radius 3 is 2.00 bits per heavy atom. The first-order valence-electron chi connectivity index (χ1n) is 3.78. The van der Waals surface area contributed by atoms with E-state index in [1.54, 1.807) is 0 Å². The molecule has 0 bridgehead atoms. The van der Waals surface area contributed by atoms with Crippen molar-refractivity contribution in [1.29, 1.82) is 0 Å². The molecule has 0 N–H and O–H groups in total. The molecule has 0 radical (unpaired) electrons. The minimum atomic E-state index is 1.05. The van der Waals surface area contributed by atoms with Gasteiger partial charge in [-0.05, 0) is 31.1 Å². The monoisotopic (exact) mass is 120 g/mol. The molecule has 0 aromatic heterocycles. The third-order valence-corrected chi connectivity index (χ3v) is 2.33. The normalized spacial score (nSPS) is 46.2. The molecular weight excluding hydrogens is 108 g/mol. The van der Waals surface area contributed by atoms with Crippen molar-refractivity contribution >= 4 is 0 Å². The summed E-state index contributed by atoms with van der Waals surface area (Å²) in [4.78, 5) is 0. The van der Waals surface area contributed by atoms with E-state index >= 15 is 0 Å². The molecule has 9 heavy (non-hydrogen) atoms. The van der Waals surface area contributed by atoms with Gasteiger partial charge in [-0.2, -0.15) is 0 Å². The molecule has 0 aromatic carbocycles. The summed E-state index contributed by atoms with van der Waals surface area (Å²) in [5.41, 5.74) is 0. The van der Waals surface area contributed by atoms with Crippen LogP contribution in [0.5, 0.6) is 0 Å². The first-order valence-corrected chi connectivity index (χ1v) is 3.78. The minimum absolute atomic E-state index is 1.05. The predicted molar refractivity (Wildman–Crippen MR) is 39.1 cm³/mol. The van der Waals surface area contributed by atoms with E-state index in [2.05, 4.69) is 24.3 Å². The van der Waals surface area contributed by atoms with E-state index in [9.17, 15) is 0 Å². The van der Waals surface area contributed by atoms with Crippen molar-refractivity contribution in [2.75, 3.05) is 0 Å². The summed E-state index contributed by atoms with van der Waals surface area (Å²) in [6.45, 7) is 0. The maximum Gasteiger partial charge on any atom is -0.0316 e. The van der Waals surface area contributed by atoms with Gasteiger partial charge in [0.15, 0.2) is 0 Å². The first-order chi connectivity index (χ1) is 4.47. The van der Waals surface area contributed by atoms with Crippen LogP contribution in [-0.2, 0) is 0 Å². The van der Waals surface area contributed by atoms with Crippen LogP contribution in [0.1, 0.15) is 19.3 Å². The van der Waals surface area contributed by atoms with Crippen molar-refractivity contribution in [2.24, 2.45) is 11.8 Å². The summed E-state index contributed by atoms with van der Waals surface area (Å²) in [5, 5.41) is 0. The van der Waals surface area contributed by atoms with Crippen LogP contribution in [0.3, 0.4) is 0 Å². The zero-order chi connectivity index (χ0) is 6.10. The fourth-order valence-corrected chi connectivity index (χ4v) is 1.55. The summed E-state index contributed by atoms with van der Waals surface area (Å²) in [6.07, 6.45) is 13.1. The molecule has 0 heteroatoms. The van der Waals surface area contributed by atoms with Crippen LogP contribution >= 0.6 is 0 Å². The molecule has 1 saturated carbocycles. The highest BCUT2D eigenvalue weighted by Crippen LogP contribution is 2.44. The Bertz CT molecular complexity index is 135. The van der Waals surface area contributed by atoms with Crippen molar-refractivity contribution in [3.8, 4) is 0 Å². The Labute approximate surface area is 56.3 Å². The topological polar surface area (TPSA) is 0 Å². The number of hydrogen-bond acceptors (Lipinski definition) is 0. The molecular formula is C9H12. The SMILES string of the molecule is C1=C\CC2CC2C\C=C/1. The molecule has 0 saturated heterocycles. The Morgan fingerprint density at radius 2 is 1.44 bits per heavy atom. The largest absolute Gasteiger partial charge is 0.0843 e. The summed E-state index contributed by atoms with van der Waals surface area (Å²) >= 11 is 0. The van der Waals surface area contributed by atoms with E-state index in [1.807, 2.05) is 0 Å². The molecule has 1 fully saturated rings. The average molecular weight is 120 g/mol. The van der Waals surface area contributed by atoms with Gasteiger partial charge in [0.05, 0.1) is 0 Å². The van der Waals surface area contributed by atoms with Crippen molar-refractivity contribution in [3.63, 3.8) is 0 Å². The summed E-state index contributed by atoms with van der Waals surface area (Å²) in [5.74, 6) is 2.09. The van der Waals surface area contributed by atoms with Gasteiger partial charge in [0.25, 0.3) is 0 Å². The van der Waals surface area contributed by atoms with E-state index in [1.165, 1.54) is 19.3 Å². The summed E-state index contributed by atoms with van der Waals surface area (Å²) < 4.78 is 0. The molecule has 0 nitrogen and oxygen atoms in total. The van der Waals surface area contributed by atoms with E-state index in [0.717, 1.165) is 11.8 Å². The molecule has 2 unspecified atom stereocenters. The Balaban J connectivity index is 2.04. The van der Waals surface area contributed by atoms with Gasteiger partial charge >= 0.3 is 0 Å². The van der Waals surface area contributed by atoms with Crippen molar-refractivity contribution in [3.05, 3.63) is 24.3 Å². The van der Waals surface area contributed by atoms with Gasteiger partial charge in [0.2, 0.25) is 0 Å². The highest BCUT2D eigenvalue weighted by Gasteiger charge is 2.34. The molecule has 0 aromatic rings. The number of allylic oxidation sites excluding steroid dienone is 4. The van der Waals surface area contributed by atoms with E-state index in [0.29, 0.717) is 0 Å². The quantitative estimate of drug-likeness (QED) is 0.461. The fraction of sp³-hybridized carbons (Fsp3) is 0.556. The van der Waals surface area contributed by atoms with E-state index < -0.39 is 0 Å². The standard InChI is InChI=1S/C9H12/c1-2-4-6-9-7-8(9)5-3-1/h1-4,8-9H,5-7H2/b3-1-,4-2-. The number of hydrogen-bond donors (Lipinski definition) is 0. The van der Waals surface area contributed by atoms with Crippen LogP contribution in [0.4, 0.5) is 0 Å². The second-order valence-corrected chi connectivity index (χ2v) is 3.08. The lowest BCUT2D eigenvalue weighted by Crippen LogP contribution is -1.80. The van der Waals surface area contributed by atoms with Gasteiger partial charge in [-0.3, -0.25) is 0 Å². The average Bonchev–Trinajstić information content (AvgIpc) is 2.46. The zero-order valence-corrected chi connectivity index (χ0v) is 5.59.